The number of benzene rings is 2. The molecule has 0 aliphatic heterocycles. The van der Waals surface area contributed by atoms with Crippen LogP contribution in [0.3, 0.4) is 0 Å². The van der Waals surface area contributed by atoms with Gasteiger partial charge in [-0.05, 0) is 28.7 Å². The molecule has 23 heavy (non-hydrogen) atoms. The number of nitrogens with zero attached hydrogens (tertiary/aromatic N) is 2. The second-order valence-electron chi connectivity index (χ2n) is 4.04. The van der Waals surface area contributed by atoms with Gasteiger partial charge in [0.1, 0.15) is 23.0 Å². The molecular formula is C12H9F2IN4O4. The van der Waals surface area contributed by atoms with Gasteiger partial charge in [-0.2, -0.15) is 0 Å². The van der Waals surface area contributed by atoms with Gasteiger partial charge in [-0.25, -0.2) is 8.78 Å². The summed E-state index contributed by atoms with van der Waals surface area (Å²) in [6.07, 6.45) is 0. The first-order chi connectivity index (χ1) is 10.6. The number of anilines is 2. The van der Waals surface area contributed by atoms with Crippen LogP contribution in [0.25, 0.3) is 0 Å². The Hall–Kier alpha value is -2.57. The van der Waals surface area contributed by atoms with E-state index in [1.165, 1.54) is 0 Å². The minimum absolute atomic E-state index is 0.155. The molecular weight excluding hydrogens is 429 g/mol. The predicted octanol–water partition coefficient (Wildman–Crippen LogP) is 3.24. The Morgan fingerprint density at radius 2 is 1.43 bits per heavy atom. The van der Waals surface area contributed by atoms with Gasteiger partial charge in [-0.1, -0.05) is 0 Å². The Morgan fingerprint density at radius 3 is 1.91 bits per heavy atom. The molecule has 0 heterocycles. The summed E-state index contributed by atoms with van der Waals surface area (Å²) < 4.78 is 25.2. The highest BCUT2D eigenvalue weighted by atomic mass is 127. The van der Waals surface area contributed by atoms with Crippen LogP contribution in [-0.2, 0) is 0 Å². The summed E-state index contributed by atoms with van der Waals surface area (Å²) in [5.74, 6) is -1.12. The van der Waals surface area contributed by atoms with Crippen LogP contribution in [-0.4, -0.2) is 9.85 Å². The molecule has 0 saturated carbocycles. The predicted molar refractivity (Wildman–Crippen MR) is 87.7 cm³/mol. The van der Waals surface area contributed by atoms with E-state index in [-0.39, 0.29) is 26.3 Å². The summed E-state index contributed by atoms with van der Waals surface area (Å²) >= 11 is 1.66. The third-order valence-electron chi connectivity index (χ3n) is 2.45. The van der Waals surface area contributed by atoms with Crippen molar-refractivity contribution in [2.45, 2.75) is 0 Å². The average molecular weight is 438 g/mol. The monoisotopic (exact) mass is 438 g/mol. The molecule has 0 amide bonds. The molecule has 11 heteroatoms. The van der Waals surface area contributed by atoms with Crippen molar-refractivity contribution in [1.29, 1.82) is 0 Å². The van der Waals surface area contributed by atoms with Gasteiger partial charge in [-0.15, -0.1) is 0 Å². The average Bonchev–Trinajstić information content (AvgIpc) is 2.42. The van der Waals surface area contributed by atoms with Crippen LogP contribution in [0.1, 0.15) is 0 Å². The summed E-state index contributed by atoms with van der Waals surface area (Å²) in [6.45, 7) is 0. The number of rotatable bonds is 2. The van der Waals surface area contributed by atoms with E-state index in [2.05, 4.69) is 0 Å². The van der Waals surface area contributed by atoms with Crippen molar-refractivity contribution in [1.82, 2.24) is 0 Å². The molecule has 122 valence electrons. The standard InChI is InChI=1S/C6H4FIN2O2.C6H5FN2O2/c7-3-1-5(9)6(10(11)12)2-4(3)8;7-4-1-2-6(9(10)11)5(8)3-4/h1-2H,9H2;1-3H,8H2. The third kappa shape index (κ3) is 4.98. The van der Waals surface area contributed by atoms with E-state index < -0.39 is 21.5 Å². The maximum atomic E-state index is 12.7. The zero-order valence-electron chi connectivity index (χ0n) is 11.2. The number of nitrogens with two attached hydrogens (primary N) is 2. The molecule has 0 aliphatic rings. The van der Waals surface area contributed by atoms with Crippen molar-refractivity contribution < 1.29 is 18.6 Å². The van der Waals surface area contributed by atoms with Gasteiger partial charge in [0.15, 0.2) is 0 Å². The van der Waals surface area contributed by atoms with Crippen molar-refractivity contribution in [3.05, 3.63) is 65.8 Å². The van der Waals surface area contributed by atoms with Crippen molar-refractivity contribution in [2.24, 2.45) is 0 Å². The zero-order valence-corrected chi connectivity index (χ0v) is 13.4. The first-order valence-electron chi connectivity index (χ1n) is 5.71. The van der Waals surface area contributed by atoms with Crippen LogP contribution in [0.15, 0.2) is 30.3 Å². The van der Waals surface area contributed by atoms with Crippen molar-refractivity contribution in [2.75, 3.05) is 11.5 Å². The number of halogens is 3. The lowest BCUT2D eigenvalue weighted by atomic mass is 10.3. The van der Waals surface area contributed by atoms with Gasteiger partial charge in [0, 0.05) is 24.3 Å². The van der Waals surface area contributed by atoms with E-state index in [0.717, 1.165) is 30.3 Å². The van der Waals surface area contributed by atoms with Crippen LogP contribution < -0.4 is 11.5 Å². The van der Waals surface area contributed by atoms with Crippen molar-refractivity contribution in [3.8, 4) is 0 Å². The van der Waals surface area contributed by atoms with Crippen LogP contribution >= 0.6 is 22.6 Å². The minimum atomic E-state index is -0.658. The molecule has 0 fully saturated rings. The third-order valence-corrected chi connectivity index (χ3v) is 3.28. The summed E-state index contributed by atoms with van der Waals surface area (Å²) in [5.41, 5.74) is 9.50. The Balaban J connectivity index is 0.000000231. The number of nitro benzene ring substituents is 2. The summed E-state index contributed by atoms with van der Waals surface area (Å²) in [7, 11) is 0. The number of hydrogen-bond acceptors (Lipinski definition) is 6. The Bertz CT molecular complexity index is 773. The molecule has 2 rings (SSSR count). The summed E-state index contributed by atoms with van der Waals surface area (Å²) in [4.78, 5) is 19.1. The van der Waals surface area contributed by atoms with E-state index in [1.807, 2.05) is 0 Å². The largest absolute Gasteiger partial charge is 0.393 e. The lowest BCUT2D eigenvalue weighted by Crippen LogP contribution is -1.97. The SMILES string of the molecule is Nc1cc(F)c(I)cc1[N+](=O)[O-].Nc1cc(F)ccc1[N+](=O)[O-]. The van der Waals surface area contributed by atoms with Gasteiger partial charge in [-0.3, -0.25) is 20.2 Å². The highest BCUT2D eigenvalue weighted by Crippen LogP contribution is 2.25. The van der Waals surface area contributed by atoms with Crippen LogP contribution in [0.4, 0.5) is 31.5 Å². The Kier molecular flexibility index (Phi) is 6.12. The first kappa shape index (κ1) is 18.5. The van der Waals surface area contributed by atoms with E-state index >= 15 is 0 Å². The molecule has 2 aromatic carbocycles. The normalized spacial score (nSPS) is 9.70. The van der Waals surface area contributed by atoms with Crippen LogP contribution in [0, 0.1) is 35.4 Å². The fourth-order valence-electron chi connectivity index (χ4n) is 1.40. The lowest BCUT2D eigenvalue weighted by molar-refractivity contribution is -0.384. The molecule has 0 radical (unpaired) electrons. The van der Waals surface area contributed by atoms with Crippen LogP contribution in [0.2, 0.25) is 0 Å². The van der Waals surface area contributed by atoms with E-state index in [4.69, 9.17) is 11.5 Å². The van der Waals surface area contributed by atoms with Gasteiger partial charge in [0.25, 0.3) is 11.4 Å². The van der Waals surface area contributed by atoms with E-state index in [9.17, 15) is 29.0 Å². The molecule has 0 aliphatic carbocycles. The first-order valence-corrected chi connectivity index (χ1v) is 6.79. The highest BCUT2D eigenvalue weighted by molar-refractivity contribution is 14.1. The molecule has 0 unspecified atom stereocenters. The molecule has 4 N–H and O–H groups in total. The fraction of sp³-hybridized carbons (Fsp3) is 0. The number of hydrogen-bond donors (Lipinski definition) is 2. The molecule has 0 aromatic heterocycles. The molecule has 8 nitrogen and oxygen atoms in total. The summed E-state index contributed by atoms with van der Waals surface area (Å²) in [5, 5.41) is 20.4. The van der Waals surface area contributed by atoms with Gasteiger partial charge in [0.2, 0.25) is 0 Å². The molecule has 2 aromatic rings. The molecule has 0 atom stereocenters. The smallest absolute Gasteiger partial charge is 0.293 e. The number of nitrogen functional groups attached to an aromatic ring is 2. The summed E-state index contributed by atoms with van der Waals surface area (Å²) in [6, 6.07) is 4.99. The Morgan fingerprint density at radius 1 is 0.913 bits per heavy atom. The molecule has 0 saturated heterocycles. The van der Waals surface area contributed by atoms with Crippen molar-refractivity contribution >= 4 is 45.3 Å². The second-order valence-corrected chi connectivity index (χ2v) is 5.20. The molecule has 0 bridgehead atoms. The fourth-order valence-corrected chi connectivity index (χ4v) is 1.85. The Labute approximate surface area is 141 Å². The highest BCUT2D eigenvalue weighted by Gasteiger charge is 2.14. The zero-order chi connectivity index (χ0) is 17.7. The topological polar surface area (TPSA) is 138 Å². The van der Waals surface area contributed by atoms with Crippen molar-refractivity contribution in [3.63, 3.8) is 0 Å². The second kappa shape index (κ2) is 7.62. The van der Waals surface area contributed by atoms with Gasteiger partial charge in [0.05, 0.1) is 13.4 Å². The van der Waals surface area contributed by atoms with Crippen LogP contribution in [0.5, 0.6) is 0 Å². The minimum Gasteiger partial charge on any atom is -0.393 e. The van der Waals surface area contributed by atoms with Gasteiger partial charge >= 0.3 is 0 Å². The maximum Gasteiger partial charge on any atom is 0.293 e. The maximum absolute atomic E-state index is 12.7. The molecule has 0 spiro atoms. The van der Waals surface area contributed by atoms with E-state index in [1.54, 1.807) is 22.6 Å². The van der Waals surface area contributed by atoms with Gasteiger partial charge < -0.3 is 11.5 Å². The quantitative estimate of drug-likeness (QED) is 0.320. The van der Waals surface area contributed by atoms with E-state index in [0.29, 0.717) is 0 Å². The lowest BCUT2D eigenvalue weighted by Gasteiger charge is -1.98. The number of nitro groups is 2.